The molecule has 4 aromatic heterocycles. The summed E-state index contributed by atoms with van der Waals surface area (Å²) in [5, 5.41) is 18.5. The van der Waals surface area contributed by atoms with Crippen LogP contribution < -0.4 is 10.6 Å². The Morgan fingerprint density at radius 2 is 2.03 bits per heavy atom. The van der Waals surface area contributed by atoms with Crippen LogP contribution in [0.3, 0.4) is 0 Å². The normalized spacial score (nSPS) is 12.2. The number of ether oxygens (including phenoxy) is 2. The van der Waals surface area contributed by atoms with Crippen molar-refractivity contribution in [2.24, 2.45) is 0 Å². The number of pyridine rings is 1. The van der Waals surface area contributed by atoms with E-state index in [9.17, 15) is 4.79 Å². The van der Waals surface area contributed by atoms with Crippen molar-refractivity contribution in [3.63, 3.8) is 0 Å². The van der Waals surface area contributed by atoms with Crippen LogP contribution in [0.2, 0.25) is 5.02 Å². The van der Waals surface area contributed by atoms with Crippen LogP contribution in [0, 0.1) is 6.92 Å². The molecular formula is C20H22ClN9O3. The number of anilines is 2. The number of urea groups is 1. The zero-order valence-corrected chi connectivity index (χ0v) is 19.2. The zero-order chi connectivity index (χ0) is 23.5. The van der Waals surface area contributed by atoms with Crippen molar-refractivity contribution in [2.75, 3.05) is 24.9 Å². The molecule has 0 aliphatic carbocycles. The molecule has 0 spiro atoms. The van der Waals surface area contributed by atoms with E-state index < -0.39 is 6.03 Å². The van der Waals surface area contributed by atoms with Crippen molar-refractivity contribution >= 4 is 34.7 Å². The molecule has 4 heterocycles. The molecule has 13 heteroatoms. The molecule has 33 heavy (non-hydrogen) atoms. The van der Waals surface area contributed by atoms with E-state index >= 15 is 0 Å². The average Bonchev–Trinajstić information content (AvgIpc) is 3.39. The first-order valence-electron chi connectivity index (χ1n) is 9.91. The summed E-state index contributed by atoms with van der Waals surface area (Å²) in [5.41, 5.74) is 3.61. The minimum absolute atomic E-state index is 0.261. The number of carbonyl (C=O) groups excluding carboxylic acids is 1. The number of methoxy groups -OCH3 is 2. The van der Waals surface area contributed by atoms with Gasteiger partial charge in [-0.25, -0.2) is 19.3 Å². The fraction of sp³-hybridized carbons (Fsp3) is 0.300. The van der Waals surface area contributed by atoms with Crippen LogP contribution >= 0.6 is 11.6 Å². The van der Waals surface area contributed by atoms with E-state index in [0.29, 0.717) is 40.7 Å². The Morgan fingerprint density at radius 3 is 2.76 bits per heavy atom. The molecule has 172 valence electrons. The molecule has 0 saturated carbocycles. The second-order valence-electron chi connectivity index (χ2n) is 7.17. The fourth-order valence-electron chi connectivity index (χ4n) is 3.23. The molecule has 0 fully saturated rings. The van der Waals surface area contributed by atoms with Gasteiger partial charge in [0.05, 0.1) is 65.2 Å². The molecule has 12 nitrogen and oxygen atoms in total. The van der Waals surface area contributed by atoms with Crippen LogP contribution in [0.5, 0.6) is 0 Å². The molecule has 0 aromatic carbocycles. The van der Waals surface area contributed by atoms with Gasteiger partial charge in [-0.05, 0) is 19.9 Å². The number of rotatable bonds is 7. The molecule has 2 N–H and O–H groups in total. The first kappa shape index (κ1) is 22.6. The van der Waals surface area contributed by atoms with Crippen LogP contribution in [0.1, 0.15) is 30.0 Å². The van der Waals surface area contributed by atoms with Gasteiger partial charge in [-0.15, -0.1) is 9.90 Å². The van der Waals surface area contributed by atoms with Crippen LogP contribution in [0.25, 0.3) is 11.5 Å². The third-order valence-electron chi connectivity index (χ3n) is 4.76. The lowest BCUT2D eigenvalue weighted by molar-refractivity contribution is 0.120. The number of imidazole rings is 1. The Bertz CT molecular complexity index is 1300. The molecule has 1 atom stereocenters. The number of hydrogen-bond acceptors (Lipinski definition) is 8. The number of aromatic nitrogens is 7. The number of amides is 2. The van der Waals surface area contributed by atoms with E-state index in [-0.39, 0.29) is 11.1 Å². The SMILES string of the molecule is COCc1cnn(-c2ncc(NC(=O)Nc3cnn4cc(C)nc4c3[C@H](C)OC)cc2Cl)n1. The van der Waals surface area contributed by atoms with E-state index in [1.165, 1.54) is 11.0 Å². The molecule has 4 aromatic rings. The molecule has 0 aliphatic heterocycles. The quantitative estimate of drug-likeness (QED) is 0.420. The topological polar surface area (TPSA) is 133 Å². The lowest BCUT2D eigenvalue weighted by atomic mass is 10.1. The molecule has 0 saturated heterocycles. The summed E-state index contributed by atoms with van der Waals surface area (Å²) in [4.78, 5) is 22.8. The standard InChI is InChI=1S/C20H22ClN9O3/c1-11-9-29-19(25-11)17(12(2)33-4)16(8-23-29)27-20(31)26-13-5-15(21)18(22-6-13)30-24-7-14(28-30)10-32-3/h5-9,12H,10H2,1-4H3,(H2,26,27,31)/t12-/m0/s1. The molecule has 0 aliphatic rings. The number of halogens is 1. The summed E-state index contributed by atoms with van der Waals surface area (Å²) < 4.78 is 12.2. The summed E-state index contributed by atoms with van der Waals surface area (Å²) in [6, 6.07) is 1.06. The highest BCUT2D eigenvalue weighted by Gasteiger charge is 2.19. The minimum Gasteiger partial charge on any atom is -0.378 e. The zero-order valence-electron chi connectivity index (χ0n) is 18.4. The lowest BCUT2D eigenvalue weighted by Crippen LogP contribution is -2.22. The third kappa shape index (κ3) is 4.77. The van der Waals surface area contributed by atoms with Gasteiger partial charge in [-0.1, -0.05) is 11.6 Å². The van der Waals surface area contributed by atoms with E-state index in [2.05, 4.69) is 35.9 Å². The van der Waals surface area contributed by atoms with Crippen LogP contribution in [-0.2, 0) is 16.1 Å². The lowest BCUT2D eigenvalue weighted by Gasteiger charge is -2.16. The van der Waals surface area contributed by atoms with Gasteiger partial charge in [0, 0.05) is 14.2 Å². The summed E-state index contributed by atoms with van der Waals surface area (Å²) in [6.45, 7) is 4.06. The Kier molecular flexibility index (Phi) is 6.49. The predicted octanol–water partition coefficient (Wildman–Crippen LogP) is 3.16. The first-order chi connectivity index (χ1) is 15.9. The second kappa shape index (κ2) is 9.48. The highest BCUT2D eigenvalue weighted by atomic mass is 35.5. The highest BCUT2D eigenvalue weighted by Crippen LogP contribution is 2.29. The van der Waals surface area contributed by atoms with E-state index in [4.69, 9.17) is 21.1 Å². The van der Waals surface area contributed by atoms with E-state index in [1.54, 1.807) is 43.4 Å². The second-order valence-corrected chi connectivity index (χ2v) is 7.57. The van der Waals surface area contributed by atoms with Gasteiger partial charge in [0.1, 0.15) is 5.69 Å². The van der Waals surface area contributed by atoms with Gasteiger partial charge in [0.2, 0.25) is 0 Å². The molecule has 4 rings (SSSR count). The van der Waals surface area contributed by atoms with Crippen LogP contribution in [0.4, 0.5) is 16.2 Å². The number of fused-ring (bicyclic) bond motifs is 1. The molecule has 0 bridgehead atoms. The molecule has 2 amide bonds. The number of hydrogen-bond donors (Lipinski definition) is 2. The number of aryl methyl sites for hydroxylation is 1. The van der Waals surface area contributed by atoms with Crippen molar-refractivity contribution in [2.45, 2.75) is 26.6 Å². The summed E-state index contributed by atoms with van der Waals surface area (Å²) in [7, 11) is 3.15. The Balaban J connectivity index is 1.53. The summed E-state index contributed by atoms with van der Waals surface area (Å²) in [5.74, 6) is 0.325. The van der Waals surface area contributed by atoms with E-state index in [0.717, 1.165) is 5.69 Å². The maximum absolute atomic E-state index is 12.7. The number of nitrogens with zero attached hydrogens (tertiary/aromatic N) is 7. The van der Waals surface area contributed by atoms with Gasteiger partial charge in [0.15, 0.2) is 11.5 Å². The summed E-state index contributed by atoms with van der Waals surface area (Å²) >= 11 is 6.34. The largest absolute Gasteiger partial charge is 0.378 e. The van der Waals surface area contributed by atoms with Gasteiger partial charge in [-0.2, -0.15) is 10.2 Å². The summed E-state index contributed by atoms with van der Waals surface area (Å²) in [6.07, 6.45) is 6.04. The number of carbonyl (C=O) groups is 1. The maximum atomic E-state index is 12.7. The monoisotopic (exact) mass is 471 g/mol. The van der Waals surface area contributed by atoms with Gasteiger partial charge >= 0.3 is 6.03 Å². The average molecular weight is 472 g/mol. The van der Waals surface area contributed by atoms with Crippen molar-refractivity contribution in [1.29, 1.82) is 0 Å². The first-order valence-corrected chi connectivity index (χ1v) is 10.3. The van der Waals surface area contributed by atoms with Gasteiger partial charge < -0.3 is 20.1 Å². The molecule has 0 radical (unpaired) electrons. The van der Waals surface area contributed by atoms with Crippen LogP contribution in [0.15, 0.2) is 30.9 Å². The van der Waals surface area contributed by atoms with Crippen molar-refractivity contribution in [3.8, 4) is 5.82 Å². The van der Waals surface area contributed by atoms with Crippen molar-refractivity contribution in [3.05, 3.63) is 52.8 Å². The van der Waals surface area contributed by atoms with Gasteiger partial charge in [0.25, 0.3) is 0 Å². The Hall–Kier alpha value is -3.61. The Morgan fingerprint density at radius 1 is 1.21 bits per heavy atom. The Labute approximate surface area is 193 Å². The van der Waals surface area contributed by atoms with Gasteiger partial charge in [-0.3, -0.25) is 0 Å². The fourth-order valence-corrected chi connectivity index (χ4v) is 3.47. The van der Waals surface area contributed by atoms with E-state index in [1.807, 2.05) is 13.8 Å². The predicted molar refractivity (Wildman–Crippen MR) is 121 cm³/mol. The minimum atomic E-state index is -0.501. The third-order valence-corrected chi connectivity index (χ3v) is 5.04. The van der Waals surface area contributed by atoms with Crippen LogP contribution in [-0.4, -0.2) is 54.8 Å². The highest BCUT2D eigenvalue weighted by molar-refractivity contribution is 6.32. The van der Waals surface area contributed by atoms with Crippen molar-refractivity contribution < 1.29 is 14.3 Å². The molecular weight excluding hydrogens is 450 g/mol. The number of nitrogens with one attached hydrogen (secondary N) is 2. The smallest absolute Gasteiger partial charge is 0.323 e. The maximum Gasteiger partial charge on any atom is 0.323 e. The molecule has 0 unspecified atom stereocenters. The van der Waals surface area contributed by atoms with Crippen molar-refractivity contribution in [1.82, 2.24) is 34.6 Å².